The van der Waals surface area contributed by atoms with Crippen LogP contribution in [0.3, 0.4) is 0 Å². The van der Waals surface area contributed by atoms with Gasteiger partial charge in [0.15, 0.2) is 0 Å². The molecule has 116 valence electrons. The zero-order valence-electron chi connectivity index (χ0n) is 12.5. The van der Waals surface area contributed by atoms with Crippen LogP contribution in [0.15, 0.2) is 24.3 Å². The second kappa shape index (κ2) is 5.68. The van der Waals surface area contributed by atoms with Crippen molar-refractivity contribution in [3.8, 4) is 0 Å². The van der Waals surface area contributed by atoms with Gasteiger partial charge in [0.1, 0.15) is 0 Å². The average molecular weight is 310 g/mol. The third-order valence-corrected chi connectivity index (χ3v) is 6.05. The maximum Gasteiger partial charge on any atom is 0.282 e. The van der Waals surface area contributed by atoms with Crippen molar-refractivity contribution in [3.05, 3.63) is 35.4 Å². The molecule has 0 bridgehead atoms. The minimum atomic E-state index is -3.41. The van der Waals surface area contributed by atoms with E-state index in [0.717, 1.165) is 12.0 Å². The summed E-state index contributed by atoms with van der Waals surface area (Å²) in [6, 6.07) is 8.07. The number of benzene rings is 1. The summed E-state index contributed by atoms with van der Waals surface area (Å²) in [5.41, 5.74) is 2.37. The zero-order valence-corrected chi connectivity index (χ0v) is 13.3. The molecule has 2 atom stereocenters. The summed E-state index contributed by atoms with van der Waals surface area (Å²) in [4.78, 5) is 0. The number of hydrogen-bond acceptors (Lipinski definition) is 3. The molecule has 5 nitrogen and oxygen atoms in total. The fraction of sp³-hybridized carbons (Fsp3) is 0.600. The second-order valence-electron chi connectivity index (χ2n) is 5.93. The number of rotatable bonds is 2. The van der Waals surface area contributed by atoms with Gasteiger partial charge in [-0.05, 0) is 31.4 Å². The summed E-state index contributed by atoms with van der Waals surface area (Å²) in [5, 5.41) is 0. The molecule has 2 aliphatic heterocycles. The Hall–Kier alpha value is -0.950. The van der Waals surface area contributed by atoms with E-state index in [4.69, 9.17) is 4.74 Å². The molecule has 1 aromatic carbocycles. The van der Waals surface area contributed by atoms with Crippen molar-refractivity contribution in [1.29, 1.82) is 0 Å². The summed E-state index contributed by atoms with van der Waals surface area (Å²) >= 11 is 0. The first-order valence-electron chi connectivity index (χ1n) is 7.44. The molecule has 1 aromatic rings. The Kier molecular flexibility index (Phi) is 4.05. The Balaban J connectivity index is 1.80. The van der Waals surface area contributed by atoms with Crippen molar-refractivity contribution in [3.63, 3.8) is 0 Å². The molecular formula is C15H22N2O3S. The van der Waals surface area contributed by atoms with Crippen molar-refractivity contribution in [2.75, 3.05) is 19.6 Å². The standard InChI is InChI=1S/C15H22N2O3S/c1-12-9-17(10-13(2)20-12)21(18,19)16-8-7-14-5-3-4-6-15(14)11-16/h3-6,12-13H,7-11H2,1-2H3/t12-,13-/m0/s1. The van der Waals surface area contributed by atoms with Crippen LogP contribution < -0.4 is 0 Å². The summed E-state index contributed by atoms with van der Waals surface area (Å²) in [5.74, 6) is 0. The molecule has 0 N–H and O–H groups in total. The molecule has 21 heavy (non-hydrogen) atoms. The van der Waals surface area contributed by atoms with Crippen molar-refractivity contribution in [1.82, 2.24) is 8.61 Å². The Morgan fingerprint density at radius 1 is 1.05 bits per heavy atom. The number of ether oxygens (including phenoxy) is 1. The van der Waals surface area contributed by atoms with E-state index in [9.17, 15) is 8.42 Å². The first-order valence-corrected chi connectivity index (χ1v) is 8.84. The van der Waals surface area contributed by atoms with Gasteiger partial charge in [-0.15, -0.1) is 0 Å². The predicted molar refractivity (Wildman–Crippen MR) is 81.1 cm³/mol. The zero-order chi connectivity index (χ0) is 15.0. The van der Waals surface area contributed by atoms with Gasteiger partial charge in [0, 0.05) is 26.2 Å². The lowest BCUT2D eigenvalue weighted by Gasteiger charge is -2.38. The lowest BCUT2D eigenvalue weighted by atomic mass is 10.0. The minimum Gasteiger partial charge on any atom is -0.373 e. The Bertz CT molecular complexity index is 607. The first kappa shape index (κ1) is 15.0. The molecule has 0 spiro atoms. The first-order chi connectivity index (χ1) is 9.96. The largest absolute Gasteiger partial charge is 0.373 e. The van der Waals surface area contributed by atoms with E-state index in [1.54, 1.807) is 8.61 Å². The summed E-state index contributed by atoms with van der Waals surface area (Å²) < 4.78 is 34.5. The third kappa shape index (κ3) is 2.99. The third-order valence-electron chi connectivity index (χ3n) is 4.13. The van der Waals surface area contributed by atoms with Crippen LogP contribution in [-0.4, -0.2) is 48.9 Å². The smallest absolute Gasteiger partial charge is 0.282 e. The maximum atomic E-state index is 12.8. The summed E-state index contributed by atoms with van der Waals surface area (Å²) in [6.45, 7) is 5.74. The molecule has 0 aromatic heterocycles. The van der Waals surface area contributed by atoms with Gasteiger partial charge in [-0.1, -0.05) is 24.3 Å². The lowest BCUT2D eigenvalue weighted by molar-refractivity contribution is -0.0455. The van der Waals surface area contributed by atoms with E-state index in [1.165, 1.54) is 5.56 Å². The molecule has 6 heteroatoms. The molecule has 1 fully saturated rings. The Labute approximate surface area is 126 Å². The van der Waals surface area contributed by atoms with Gasteiger partial charge in [-0.3, -0.25) is 0 Å². The monoisotopic (exact) mass is 310 g/mol. The quantitative estimate of drug-likeness (QED) is 0.829. The Morgan fingerprint density at radius 3 is 2.33 bits per heavy atom. The molecule has 1 saturated heterocycles. The van der Waals surface area contributed by atoms with Gasteiger partial charge in [0.25, 0.3) is 10.2 Å². The minimum absolute atomic E-state index is 0.0550. The van der Waals surface area contributed by atoms with Crippen LogP contribution in [0.25, 0.3) is 0 Å². The highest BCUT2D eigenvalue weighted by molar-refractivity contribution is 7.86. The molecule has 3 rings (SSSR count). The van der Waals surface area contributed by atoms with E-state index >= 15 is 0 Å². The highest BCUT2D eigenvalue weighted by Crippen LogP contribution is 2.24. The second-order valence-corrected chi connectivity index (χ2v) is 7.86. The highest BCUT2D eigenvalue weighted by Gasteiger charge is 2.36. The van der Waals surface area contributed by atoms with E-state index in [1.807, 2.05) is 32.0 Å². The van der Waals surface area contributed by atoms with E-state index in [0.29, 0.717) is 26.2 Å². The van der Waals surface area contributed by atoms with Crippen molar-refractivity contribution in [2.24, 2.45) is 0 Å². The summed E-state index contributed by atoms with van der Waals surface area (Å²) in [7, 11) is -3.41. The van der Waals surface area contributed by atoms with Crippen LogP contribution in [0.5, 0.6) is 0 Å². The van der Waals surface area contributed by atoms with Gasteiger partial charge in [-0.25, -0.2) is 0 Å². The van der Waals surface area contributed by atoms with E-state index in [-0.39, 0.29) is 12.2 Å². The normalized spacial score (nSPS) is 28.3. The Morgan fingerprint density at radius 2 is 1.67 bits per heavy atom. The molecule has 0 saturated carbocycles. The number of fused-ring (bicyclic) bond motifs is 1. The van der Waals surface area contributed by atoms with Gasteiger partial charge in [0.2, 0.25) is 0 Å². The van der Waals surface area contributed by atoms with Crippen molar-refractivity contribution < 1.29 is 13.2 Å². The predicted octanol–water partition coefficient (Wildman–Crippen LogP) is 1.40. The molecule has 2 aliphatic rings. The van der Waals surface area contributed by atoms with Crippen LogP contribution >= 0.6 is 0 Å². The number of hydrogen-bond donors (Lipinski definition) is 0. The average Bonchev–Trinajstić information content (AvgIpc) is 2.45. The molecule has 0 aliphatic carbocycles. The van der Waals surface area contributed by atoms with E-state index in [2.05, 4.69) is 6.07 Å². The molecule has 0 radical (unpaired) electrons. The van der Waals surface area contributed by atoms with Crippen molar-refractivity contribution >= 4 is 10.2 Å². The van der Waals surface area contributed by atoms with Crippen LogP contribution in [0, 0.1) is 0 Å². The maximum absolute atomic E-state index is 12.8. The number of nitrogens with zero attached hydrogens (tertiary/aromatic N) is 2. The van der Waals surface area contributed by atoms with Crippen LogP contribution in [0.4, 0.5) is 0 Å². The lowest BCUT2D eigenvalue weighted by Crippen LogP contribution is -2.53. The molecule has 2 heterocycles. The number of morpholine rings is 1. The molecule has 0 unspecified atom stereocenters. The fourth-order valence-corrected chi connectivity index (χ4v) is 4.90. The summed E-state index contributed by atoms with van der Waals surface area (Å²) in [6.07, 6.45) is 0.673. The van der Waals surface area contributed by atoms with Crippen LogP contribution in [0.1, 0.15) is 25.0 Å². The van der Waals surface area contributed by atoms with Gasteiger partial charge in [0.05, 0.1) is 12.2 Å². The van der Waals surface area contributed by atoms with Gasteiger partial charge in [-0.2, -0.15) is 17.0 Å². The highest BCUT2D eigenvalue weighted by atomic mass is 32.2. The van der Waals surface area contributed by atoms with Crippen LogP contribution in [-0.2, 0) is 27.9 Å². The fourth-order valence-electron chi connectivity index (χ4n) is 3.15. The SMILES string of the molecule is C[C@H]1CN(S(=O)(=O)N2CCc3ccccc3C2)C[C@H](C)O1. The van der Waals surface area contributed by atoms with Gasteiger partial charge >= 0.3 is 0 Å². The van der Waals surface area contributed by atoms with Crippen LogP contribution in [0.2, 0.25) is 0 Å². The van der Waals surface area contributed by atoms with E-state index < -0.39 is 10.2 Å². The van der Waals surface area contributed by atoms with Crippen molar-refractivity contribution in [2.45, 2.75) is 39.0 Å². The van der Waals surface area contributed by atoms with Gasteiger partial charge < -0.3 is 4.74 Å². The topological polar surface area (TPSA) is 49.9 Å². The molecule has 0 amide bonds. The molecular weight excluding hydrogens is 288 g/mol.